The Morgan fingerprint density at radius 3 is 2.67 bits per heavy atom. The number of aliphatic hydroxyl groups excluding tert-OH is 1. The third kappa shape index (κ3) is 5.80. The average molecular weight is 296 g/mol. The van der Waals surface area contributed by atoms with Gasteiger partial charge in [0.25, 0.3) is 0 Å². The van der Waals surface area contributed by atoms with Gasteiger partial charge in [-0.3, -0.25) is 4.79 Å². The van der Waals surface area contributed by atoms with E-state index in [4.69, 9.17) is 10.2 Å². The molecular weight excluding hydrogens is 276 g/mol. The van der Waals surface area contributed by atoms with Crippen LogP contribution in [0.1, 0.15) is 24.5 Å². The fourth-order valence-corrected chi connectivity index (χ4v) is 1.84. The number of carbonyl (C=O) groups excluding carboxylic acids is 1. The van der Waals surface area contributed by atoms with E-state index in [1.165, 1.54) is 0 Å². The number of carbonyl (C=O) groups is 2. The molecule has 1 amide bonds. The van der Waals surface area contributed by atoms with E-state index >= 15 is 0 Å². The summed E-state index contributed by atoms with van der Waals surface area (Å²) in [7, 11) is 1.77. The molecule has 0 aliphatic carbocycles. The van der Waals surface area contributed by atoms with Gasteiger partial charge >= 0.3 is 5.97 Å². The highest BCUT2D eigenvalue weighted by Crippen LogP contribution is 2.17. The maximum Gasteiger partial charge on any atom is 0.326 e. The molecule has 1 heterocycles. The third-order valence-electron chi connectivity index (χ3n) is 2.95. The van der Waals surface area contributed by atoms with E-state index in [9.17, 15) is 14.7 Å². The van der Waals surface area contributed by atoms with Crippen LogP contribution in [0.15, 0.2) is 24.3 Å². The first-order valence-electron chi connectivity index (χ1n) is 6.57. The summed E-state index contributed by atoms with van der Waals surface area (Å²) in [5.74, 6) is -0.925. The molecule has 116 valence electrons. The van der Waals surface area contributed by atoms with Gasteiger partial charge in [-0.25, -0.2) is 4.79 Å². The lowest BCUT2D eigenvalue weighted by Crippen LogP contribution is -2.32. The van der Waals surface area contributed by atoms with Crippen LogP contribution in [-0.4, -0.2) is 46.8 Å². The highest BCUT2D eigenvalue weighted by atomic mass is 16.4. The van der Waals surface area contributed by atoms with Crippen molar-refractivity contribution in [1.82, 2.24) is 10.6 Å². The van der Waals surface area contributed by atoms with Crippen LogP contribution in [0.4, 0.5) is 0 Å². The van der Waals surface area contributed by atoms with Crippen molar-refractivity contribution in [2.24, 2.45) is 0 Å². The number of aliphatic carboxylic acids is 1. The first kappa shape index (κ1) is 16.9. The number of carboxylic acid groups (broad SMARTS) is 1. The Morgan fingerprint density at radius 1 is 1.52 bits per heavy atom. The number of phenolic OH excluding ortho intramolecular Hbond substituents is 1. The minimum atomic E-state index is -0.944. The standard InChI is InChI=1S/C9H13NO2.C5H7NO3/c1-10-6-9(12)7-3-2-4-8(11)5-7;7-4-2-1-3(6-4)5(8)9/h2-5,9-12H,6H2,1H3;3H,1-2H2,(H,6,7)(H,8,9)/t9-;3-/m00/s1. The van der Waals surface area contributed by atoms with Crippen molar-refractivity contribution < 1.29 is 24.9 Å². The zero-order valence-electron chi connectivity index (χ0n) is 11.7. The van der Waals surface area contributed by atoms with Gasteiger partial charge in [-0.15, -0.1) is 0 Å². The van der Waals surface area contributed by atoms with Gasteiger partial charge in [0.2, 0.25) is 5.91 Å². The Balaban J connectivity index is 0.000000219. The number of carboxylic acids is 1. The number of nitrogens with one attached hydrogen (secondary N) is 2. The molecule has 0 unspecified atom stereocenters. The van der Waals surface area contributed by atoms with Crippen molar-refractivity contribution in [1.29, 1.82) is 0 Å². The summed E-state index contributed by atoms with van der Waals surface area (Å²) in [6.07, 6.45) is 0.215. The first-order chi connectivity index (χ1) is 9.93. The molecule has 1 saturated heterocycles. The van der Waals surface area contributed by atoms with Crippen LogP contribution < -0.4 is 10.6 Å². The van der Waals surface area contributed by atoms with Gasteiger partial charge in [-0.2, -0.15) is 0 Å². The van der Waals surface area contributed by atoms with E-state index in [1.54, 1.807) is 31.3 Å². The van der Waals surface area contributed by atoms with Gasteiger partial charge in [-0.1, -0.05) is 12.1 Å². The predicted octanol–water partition coefficient (Wildman–Crippen LogP) is -0.00540. The number of benzene rings is 1. The third-order valence-corrected chi connectivity index (χ3v) is 2.95. The second-order valence-electron chi connectivity index (χ2n) is 4.67. The van der Waals surface area contributed by atoms with E-state index in [2.05, 4.69) is 10.6 Å². The quantitative estimate of drug-likeness (QED) is 0.533. The monoisotopic (exact) mass is 296 g/mol. The molecule has 0 bridgehead atoms. The summed E-state index contributed by atoms with van der Waals surface area (Å²) < 4.78 is 0. The zero-order valence-corrected chi connectivity index (χ0v) is 11.7. The van der Waals surface area contributed by atoms with Gasteiger partial charge in [0.05, 0.1) is 6.10 Å². The zero-order chi connectivity index (χ0) is 15.8. The van der Waals surface area contributed by atoms with Crippen molar-refractivity contribution >= 4 is 11.9 Å². The summed E-state index contributed by atoms with van der Waals surface area (Å²) >= 11 is 0. The number of aliphatic hydroxyl groups is 1. The van der Waals surface area contributed by atoms with E-state index in [0.29, 0.717) is 19.4 Å². The largest absolute Gasteiger partial charge is 0.508 e. The molecule has 2 atom stereocenters. The van der Waals surface area contributed by atoms with Gasteiger partial charge in [0, 0.05) is 13.0 Å². The lowest BCUT2D eigenvalue weighted by molar-refractivity contribution is -0.140. The highest BCUT2D eigenvalue weighted by Gasteiger charge is 2.26. The first-order valence-corrected chi connectivity index (χ1v) is 6.57. The summed E-state index contributed by atoms with van der Waals surface area (Å²) in [5.41, 5.74) is 0.726. The van der Waals surface area contributed by atoms with Crippen LogP contribution in [0.2, 0.25) is 0 Å². The molecule has 0 saturated carbocycles. The number of likely N-dealkylation sites (N-methyl/N-ethyl adjacent to an activating group) is 1. The number of hydrogen-bond donors (Lipinski definition) is 5. The van der Waals surface area contributed by atoms with E-state index < -0.39 is 18.1 Å². The molecule has 0 radical (unpaired) electrons. The second-order valence-corrected chi connectivity index (χ2v) is 4.67. The lowest BCUT2D eigenvalue weighted by atomic mass is 10.1. The molecule has 1 aliphatic heterocycles. The summed E-state index contributed by atoms with van der Waals surface area (Å²) in [4.78, 5) is 20.5. The molecular formula is C14H20N2O5. The SMILES string of the molecule is CNC[C@H](O)c1cccc(O)c1.O=C1CC[C@@H](C(=O)O)N1. The fraction of sp³-hybridized carbons (Fsp3) is 0.429. The smallest absolute Gasteiger partial charge is 0.326 e. The maximum atomic E-state index is 10.4. The molecule has 7 nitrogen and oxygen atoms in total. The van der Waals surface area contributed by atoms with Crippen LogP contribution >= 0.6 is 0 Å². The Bertz CT molecular complexity index is 492. The van der Waals surface area contributed by atoms with E-state index in [-0.39, 0.29) is 11.7 Å². The van der Waals surface area contributed by atoms with Crippen LogP contribution in [0.3, 0.4) is 0 Å². The molecule has 1 fully saturated rings. The number of rotatable bonds is 4. The Labute approximate surface area is 122 Å². The molecule has 1 aromatic carbocycles. The molecule has 1 aliphatic rings. The molecule has 7 heteroatoms. The van der Waals surface area contributed by atoms with Gasteiger partial charge < -0.3 is 26.0 Å². The minimum Gasteiger partial charge on any atom is -0.508 e. The number of amides is 1. The molecule has 0 aromatic heterocycles. The number of phenols is 1. The van der Waals surface area contributed by atoms with Gasteiger partial charge in [-0.05, 0) is 31.2 Å². The van der Waals surface area contributed by atoms with E-state index in [1.807, 2.05) is 0 Å². The average Bonchev–Trinajstić information content (AvgIpc) is 2.87. The second kappa shape index (κ2) is 8.23. The molecule has 21 heavy (non-hydrogen) atoms. The van der Waals surface area contributed by atoms with Crippen molar-refractivity contribution in [3.8, 4) is 5.75 Å². The van der Waals surface area contributed by atoms with Crippen molar-refractivity contribution in [2.45, 2.75) is 25.0 Å². The number of aromatic hydroxyl groups is 1. The molecule has 0 spiro atoms. The van der Waals surface area contributed by atoms with Crippen molar-refractivity contribution in [2.75, 3.05) is 13.6 Å². The Morgan fingerprint density at radius 2 is 2.24 bits per heavy atom. The summed E-state index contributed by atoms with van der Waals surface area (Å²) in [6, 6.07) is 5.99. The minimum absolute atomic E-state index is 0.164. The van der Waals surface area contributed by atoms with Gasteiger partial charge in [0.1, 0.15) is 11.8 Å². The lowest BCUT2D eigenvalue weighted by Gasteiger charge is -2.09. The normalized spacial score (nSPS) is 18.4. The predicted molar refractivity (Wildman–Crippen MR) is 75.8 cm³/mol. The molecule has 2 rings (SSSR count). The van der Waals surface area contributed by atoms with Crippen LogP contribution in [0, 0.1) is 0 Å². The fourth-order valence-electron chi connectivity index (χ4n) is 1.84. The van der Waals surface area contributed by atoms with Gasteiger partial charge in [0.15, 0.2) is 0 Å². The summed E-state index contributed by atoms with van der Waals surface area (Å²) in [6.45, 7) is 0.490. The maximum absolute atomic E-state index is 10.4. The number of hydrogen-bond acceptors (Lipinski definition) is 5. The Hall–Kier alpha value is -2.12. The summed E-state index contributed by atoms with van der Waals surface area (Å²) in [5, 5.41) is 32.1. The van der Waals surface area contributed by atoms with Crippen LogP contribution in [0.5, 0.6) is 5.75 Å². The highest BCUT2D eigenvalue weighted by molar-refractivity contribution is 5.87. The van der Waals surface area contributed by atoms with Crippen LogP contribution in [0.25, 0.3) is 0 Å². The molecule has 1 aromatic rings. The Kier molecular flexibility index (Phi) is 6.64. The van der Waals surface area contributed by atoms with Crippen LogP contribution in [-0.2, 0) is 9.59 Å². The van der Waals surface area contributed by atoms with E-state index in [0.717, 1.165) is 5.56 Å². The van der Waals surface area contributed by atoms with Crippen molar-refractivity contribution in [3.05, 3.63) is 29.8 Å². The molecule has 5 N–H and O–H groups in total. The topological polar surface area (TPSA) is 119 Å². The van der Waals surface area contributed by atoms with Crippen molar-refractivity contribution in [3.63, 3.8) is 0 Å².